The van der Waals surface area contributed by atoms with Crippen LogP contribution in [0.2, 0.25) is 0 Å². The number of rotatable bonds is 4. The molecule has 1 atom stereocenters. The molecule has 5 heteroatoms. The molecule has 1 unspecified atom stereocenters. The topological polar surface area (TPSA) is 62.7 Å². The molecule has 1 saturated heterocycles. The van der Waals surface area contributed by atoms with Crippen molar-refractivity contribution in [3.8, 4) is 0 Å². The van der Waals surface area contributed by atoms with Crippen LogP contribution in [0.1, 0.15) is 57.3 Å². The van der Waals surface area contributed by atoms with Crippen LogP contribution in [-0.2, 0) is 12.8 Å². The van der Waals surface area contributed by atoms with Crippen LogP contribution in [-0.4, -0.2) is 33.3 Å². The predicted octanol–water partition coefficient (Wildman–Crippen LogP) is 2.08. The van der Waals surface area contributed by atoms with Crippen molar-refractivity contribution in [3.05, 3.63) is 11.4 Å². The molecule has 2 fully saturated rings. The maximum Gasteiger partial charge on any atom is 0.243 e. The first-order chi connectivity index (χ1) is 9.74. The maximum atomic E-state index is 4.64. The highest BCUT2D eigenvalue weighted by Gasteiger charge is 2.40. The van der Waals surface area contributed by atoms with E-state index in [1.54, 1.807) is 0 Å². The van der Waals surface area contributed by atoms with Crippen LogP contribution in [0, 0.1) is 0 Å². The maximum absolute atomic E-state index is 4.64. The van der Waals surface area contributed by atoms with Crippen molar-refractivity contribution < 1.29 is 0 Å². The second-order valence-electron chi connectivity index (χ2n) is 6.13. The Morgan fingerprint density at radius 3 is 2.65 bits per heavy atom. The van der Waals surface area contributed by atoms with Crippen LogP contribution >= 0.6 is 0 Å². The summed E-state index contributed by atoms with van der Waals surface area (Å²) in [6, 6.07) is 0.482. The Morgan fingerprint density at radius 1 is 1.20 bits per heavy atom. The van der Waals surface area contributed by atoms with Gasteiger partial charge in [0.15, 0.2) is 0 Å². The molecule has 1 saturated carbocycles. The lowest BCUT2D eigenvalue weighted by Crippen LogP contribution is -2.58. The van der Waals surface area contributed by atoms with E-state index in [1.165, 1.54) is 25.7 Å². The van der Waals surface area contributed by atoms with Crippen molar-refractivity contribution in [2.75, 3.05) is 11.9 Å². The summed E-state index contributed by atoms with van der Waals surface area (Å²) >= 11 is 0. The van der Waals surface area contributed by atoms with Crippen LogP contribution in [0.15, 0.2) is 0 Å². The molecule has 0 bridgehead atoms. The number of piperidine rings is 1. The number of anilines is 1. The third kappa shape index (κ3) is 2.64. The Balaban J connectivity index is 1.68. The normalized spacial score (nSPS) is 24.4. The van der Waals surface area contributed by atoms with Gasteiger partial charge in [-0.3, -0.25) is 0 Å². The first kappa shape index (κ1) is 13.7. The minimum Gasteiger partial charge on any atom is -0.350 e. The van der Waals surface area contributed by atoms with Gasteiger partial charge < -0.3 is 10.6 Å². The van der Waals surface area contributed by atoms with E-state index in [0.717, 1.165) is 37.2 Å². The molecule has 2 heterocycles. The lowest BCUT2D eigenvalue weighted by atomic mass is 9.70. The van der Waals surface area contributed by atoms with Gasteiger partial charge in [-0.2, -0.15) is 5.10 Å². The Bertz CT molecular complexity index is 469. The van der Waals surface area contributed by atoms with Crippen LogP contribution in [0.5, 0.6) is 0 Å². The van der Waals surface area contributed by atoms with E-state index in [9.17, 15) is 0 Å². The predicted molar refractivity (Wildman–Crippen MR) is 79.8 cm³/mol. The van der Waals surface area contributed by atoms with E-state index in [1.807, 2.05) is 0 Å². The number of nitrogens with zero attached hydrogens (tertiary/aromatic N) is 3. The summed E-state index contributed by atoms with van der Waals surface area (Å²) in [5.41, 5.74) is 2.51. The third-order valence-corrected chi connectivity index (χ3v) is 4.78. The largest absolute Gasteiger partial charge is 0.350 e. The molecule has 5 nitrogen and oxygen atoms in total. The molecule has 0 radical (unpaired) electrons. The average Bonchev–Trinajstić information content (AvgIpc) is 2.46. The Kier molecular flexibility index (Phi) is 3.87. The SMILES string of the molecule is CCc1nnc(NC2CCNC3(CCC3)C2)nc1CC. The van der Waals surface area contributed by atoms with Crippen molar-refractivity contribution in [1.29, 1.82) is 0 Å². The second-order valence-corrected chi connectivity index (χ2v) is 6.13. The summed E-state index contributed by atoms with van der Waals surface area (Å²) in [6.07, 6.45) is 8.15. The van der Waals surface area contributed by atoms with Gasteiger partial charge in [0.05, 0.1) is 11.4 Å². The van der Waals surface area contributed by atoms with Crippen molar-refractivity contribution in [2.24, 2.45) is 0 Å². The quantitative estimate of drug-likeness (QED) is 0.881. The average molecular weight is 275 g/mol. The third-order valence-electron chi connectivity index (χ3n) is 4.78. The molecular weight excluding hydrogens is 250 g/mol. The Hall–Kier alpha value is -1.23. The zero-order valence-corrected chi connectivity index (χ0v) is 12.6. The van der Waals surface area contributed by atoms with Crippen molar-refractivity contribution in [2.45, 2.75) is 70.4 Å². The minimum atomic E-state index is 0.403. The highest BCUT2D eigenvalue weighted by Crippen LogP contribution is 2.38. The van der Waals surface area contributed by atoms with Crippen molar-refractivity contribution in [3.63, 3.8) is 0 Å². The van der Waals surface area contributed by atoms with Crippen molar-refractivity contribution in [1.82, 2.24) is 20.5 Å². The van der Waals surface area contributed by atoms with E-state index in [-0.39, 0.29) is 0 Å². The number of hydrogen-bond acceptors (Lipinski definition) is 5. The van der Waals surface area contributed by atoms with Crippen LogP contribution < -0.4 is 10.6 Å². The highest BCUT2D eigenvalue weighted by molar-refractivity contribution is 5.28. The Morgan fingerprint density at radius 2 is 2.00 bits per heavy atom. The van der Waals surface area contributed by atoms with Gasteiger partial charge in [0.2, 0.25) is 5.95 Å². The fourth-order valence-electron chi connectivity index (χ4n) is 3.45. The van der Waals surface area contributed by atoms with E-state index < -0.39 is 0 Å². The first-order valence-corrected chi connectivity index (χ1v) is 7.99. The molecular formula is C15H25N5. The molecule has 1 spiro atoms. The summed E-state index contributed by atoms with van der Waals surface area (Å²) in [4.78, 5) is 4.64. The molecule has 1 aliphatic heterocycles. The van der Waals surface area contributed by atoms with Gasteiger partial charge in [-0.15, -0.1) is 5.10 Å². The number of nitrogens with one attached hydrogen (secondary N) is 2. The molecule has 110 valence electrons. The van der Waals surface area contributed by atoms with Gasteiger partial charge in [-0.1, -0.05) is 13.8 Å². The van der Waals surface area contributed by atoms with E-state index in [0.29, 0.717) is 17.5 Å². The summed E-state index contributed by atoms with van der Waals surface area (Å²) in [5.74, 6) is 0.709. The van der Waals surface area contributed by atoms with Crippen LogP contribution in [0.25, 0.3) is 0 Å². The van der Waals surface area contributed by atoms with E-state index >= 15 is 0 Å². The number of aromatic nitrogens is 3. The van der Waals surface area contributed by atoms with Crippen LogP contribution in [0.3, 0.4) is 0 Å². The van der Waals surface area contributed by atoms with Gasteiger partial charge in [0.25, 0.3) is 0 Å². The first-order valence-electron chi connectivity index (χ1n) is 7.99. The number of aryl methyl sites for hydroxylation is 2. The molecule has 0 aromatic carbocycles. The molecule has 1 aromatic rings. The van der Waals surface area contributed by atoms with E-state index in [4.69, 9.17) is 0 Å². The number of hydrogen-bond donors (Lipinski definition) is 2. The molecule has 3 rings (SSSR count). The van der Waals surface area contributed by atoms with Crippen molar-refractivity contribution >= 4 is 5.95 Å². The second kappa shape index (κ2) is 5.64. The standard InChI is InChI=1S/C15H25N5/c1-3-12-13(4-2)19-20-14(18-12)17-11-6-9-16-15(10-11)7-5-8-15/h11,16H,3-10H2,1-2H3,(H,17,18,20). The zero-order valence-electron chi connectivity index (χ0n) is 12.6. The van der Waals surface area contributed by atoms with Gasteiger partial charge >= 0.3 is 0 Å². The smallest absolute Gasteiger partial charge is 0.243 e. The van der Waals surface area contributed by atoms with Gasteiger partial charge in [0, 0.05) is 11.6 Å². The fourth-order valence-corrected chi connectivity index (χ4v) is 3.45. The monoisotopic (exact) mass is 275 g/mol. The zero-order chi connectivity index (χ0) is 14.0. The lowest BCUT2D eigenvalue weighted by molar-refractivity contribution is 0.135. The highest BCUT2D eigenvalue weighted by atomic mass is 15.3. The molecule has 20 heavy (non-hydrogen) atoms. The van der Waals surface area contributed by atoms with Gasteiger partial charge in [0.1, 0.15) is 0 Å². The van der Waals surface area contributed by atoms with Gasteiger partial charge in [-0.05, 0) is 51.5 Å². The molecule has 1 aliphatic carbocycles. The summed E-state index contributed by atoms with van der Waals surface area (Å²) < 4.78 is 0. The molecule has 2 N–H and O–H groups in total. The fraction of sp³-hybridized carbons (Fsp3) is 0.800. The molecule has 0 amide bonds. The summed E-state index contributed by atoms with van der Waals surface area (Å²) in [7, 11) is 0. The lowest BCUT2D eigenvalue weighted by Gasteiger charge is -2.48. The van der Waals surface area contributed by atoms with E-state index in [2.05, 4.69) is 39.7 Å². The minimum absolute atomic E-state index is 0.403. The van der Waals surface area contributed by atoms with Crippen LogP contribution in [0.4, 0.5) is 5.95 Å². The van der Waals surface area contributed by atoms with Gasteiger partial charge in [-0.25, -0.2) is 4.98 Å². The Labute approximate surface area is 121 Å². The summed E-state index contributed by atoms with van der Waals surface area (Å²) in [5, 5.41) is 15.8. The molecule has 2 aliphatic rings. The summed E-state index contributed by atoms with van der Waals surface area (Å²) in [6.45, 7) is 5.32. The molecule has 1 aromatic heterocycles.